The molecule has 150 valence electrons. The van der Waals surface area contributed by atoms with Crippen molar-refractivity contribution in [1.82, 2.24) is 9.62 Å². The molecule has 7 heteroatoms. The summed E-state index contributed by atoms with van der Waals surface area (Å²) in [4.78, 5) is 12.1. The van der Waals surface area contributed by atoms with Crippen LogP contribution in [0.25, 0.3) is 0 Å². The van der Waals surface area contributed by atoms with E-state index >= 15 is 0 Å². The summed E-state index contributed by atoms with van der Waals surface area (Å²) in [6.07, 6.45) is 1.06. The Labute approximate surface area is 166 Å². The summed E-state index contributed by atoms with van der Waals surface area (Å²) in [6.45, 7) is 3.14. The van der Waals surface area contributed by atoms with Crippen molar-refractivity contribution in [3.63, 3.8) is 0 Å². The van der Waals surface area contributed by atoms with Crippen LogP contribution >= 0.6 is 0 Å². The fourth-order valence-corrected chi connectivity index (χ4v) is 4.73. The Kier molecular flexibility index (Phi) is 6.36. The Morgan fingerprint density at radius 3 is 2.61 bits per heavy atom. The Morgan fingerprint density at radius 1 is 1.14 bits per heavy atom. The number of carbonyl (C=O) groups excluding carboxylic acids is 1. The van der Waals surface area contributed by atoms with E-state index in [1.807, 2.05) is 37.3 Å². The van der Waals surface area contributed by atoms with E-state index in [1.165, 1.54) is 4.31 Å². The average Bonchev–Trinajstić information content (AvgIpc) is 2.70. The van der Waals surface area contributed by atoms with Gasteiger partial charge >= 0.3 is 0 Å². The SMILES string of the molecule is COc1ccc2c(c1)CCN(S(=O)(=O)CCCNC(=O)c1ccc(C)cc1)C2. The lowest BCUT2D eigenvalue weighted by Crippen LogP contribution is -2.38. The predicted molar refractivity (Wildman–Crippen MR) is 109 cm³/mol. The van der Waals surface area contributed by atoms with E-state index < -0.39 is 10.0 Å². The van der Waals surface area contributed by atoms with E-state index in [-0.39, 0.29) is 11.7 Å². The molecule has 0 fully saturated rings. The number of ether oxygens (including phenoxy) is 1. The predicted octanol–water partition coefficient (Wildman–Crippen LogP) is 2.51. The van der Waals surface area contributed by atoms with Crippen LogP contribution in [-0.4, -0.2) is 44.6 Å². The molecule has 2 aromatic rings. The van der Waals surface area contributed by atoms with Crippen molar-refractivity contribution >= 4 is 15.9 Å². The molecule has 0 saturated carbocycles. The summed E-state index contributed by atoms with van der Waals surface area (Å²) < 4.78 is 32.1. The van der Waals surface area contributed by atoms with Gasteiger partial charge < -0.3 is 10.1 Å². The molecule has 1 aliphatic rings. The van der Waals surface area contributed by atoms with Gasteiger partial charge in [-0.1, -0.05) is 23.8 Å². The molecule has 28 heavy (non-hydrogen) atoms. The number of sulfonamides is 1. The number of methoxy groups -OCH3 is 1. The molecule has 1 heterocycles. The molecule has 1 aliphatic heterocycles. The zero-order chi connectivity index (χ0) is 20.1. The molecule has 0 bridgehead atoms. The van der Waals surface area contributed by atoms with Crippen LogP contribution in [0.15, 0.2) is 42.5 Å². The van der Waals surface area contributed by atoms with Crippen LogP contribution in [0.1, 0.15) is 33.5 Å². The van der Waals surface area contributed by atoms with Gasteiger partial charge in [0.25, 0.3) is 5.91 Å². The van der Waals surface area contributed by atoms with Crippen molar-refractivity contribution in [2.75, 3.05) is 26.0 Å². The molecule has 0 saturated heterocycles. The molecule has 0 radical (unpaired) electrons. The maximum absolute atomic E-state index is 12.7. The number of carbonyl (C=O) groups is 1. The lowest BCUT2D eigenvalue weighted by atomic mass is 10.0. The highest BCUT2D eigenvalue weighted by molar-refractivity contribution is 7.89. The summed E-state index contributed by atoms with van der Waals surface area (Å²) >= 11 is 0. The van der Waals surface area contributed by atoms with Gasteiger partial charge in [-0.05, 0) is 55.2 Å². The van der Waals surface area contributed by atoms with Crippen molar-refractivity contribution in [3.8, 4) is 5.75 Å². The first-order valence-electron chi connectivity index (χ1n) is 9.37. The van der Waals surface area contributed by atoms with Gasteiger partial charge in [-0.15, -0.1) is 0 Å². The highest BCUT2D eigenvalue weighted by Crippen LogP contribution is 2.25. The van der Waals surface area contributed by atoms with Gasteiger partial charge in [-0.3, -0.25) is 4.79 Å². The van der Waals surface area contributed by atoms with Crippen molar-refractivity contribution in [2.45, 2.75) is 26.3 Å². The highest BCUT2D eigenvalue weighted by Gasteiger charge is 2.26. The van der Waals surface area contributed by atoms with E-state index in [1.54, 1.807) is 19.2 Å². The third kappa shape index (κ3) is 4.91. The lowest BCUT2D eigenvalue weighted by Gasteiger charge is -2.28. The second-order valence-corrected chi connectivity index (χ2v) is 9.10. The van der Waals surface area contributed by atoms with Crippen LogP contribution in [0.4, 0.5) is 0 Å². The third-order valence-electron chi connectivity index (χ3n) is 4.96. The zero-order valence-electron chi connectivity index (χ0n) is 16.3. The minimum Gasteiger partial charge on any atom is -0.497 e. The molecule has 3 rings (SSSR count). The maximum atomic E-state index is 12.7. The summed E-state index contributed by atoms with van der Waals surface area (Å²) in [7, 11) is -1.74. The van der Waals surface area contributed by atoms with Crippen LogP contribution in [0.2, 0.25) is 0 Å². The number of nitrogens with zero attached hydrogens (tertiary/aromatic N) is 1. The molecule has 1 N–H and O–H groups in total. The molecule has 2 aromatic carbocycles. The maximum Gasteiger partial charge on any atom is 0.251 e. The van der Waals surface area contributed by atoms with Crippen LogP contribution in [-0.2, 0) is 23.0 Å². The van der Waals surface area contributed by atoms with Crippen molar-refractivity contribution in [2.24, 2.45) is 0 Å². The summed E-state index contributed by atoms with van der Waals surface area (Å²) in [5.74, 6) is 0.629. The number of nitrogens with one attached hydrogen (secondary N) is 1. The van der Waals surface area contributed by atoms with E-state index in [2.05, 4.69) is 5.32 Å². The van der Waals surface area contributed by atoms with Gasteiger partial charge in [0, 0.05) is 25.2 Å². The van der Waals surface area contributed by atoms with E-state index in [0.717, 1.165) is 22.4 Å². The molecule has 0 aromatic heterocycles. The Balaban J connectivity index is 1.50. The Morgan fingerprint density at radius 2 is 1.89 bits per heavy atom. The third-order valence-corrected chi connectivity index (χ3v) is 6.87. The quantitative estimate of drug-likeness (QED) is 0.722. The average molecular weight is 403 g/mol. The minimum absolute atomic E-state index is 0.0205. The second-order valence-electron chi connectivity index (χ2n) is 7.01. The fraction of sp³-hybridized carbons (Fsp3) is 0.381. The molecule has 0 spiro atoms. The minimum atomic E-state index is -3.36. The topological polar surface area (TPSA) is 75.7 Å². The smallest absolute Gasteiger partial charge is 0.251 e. The van der Waals surface area contributed by atoms with E-state index in [9.17, 15) is 13.2 Å². The van der Waals surface area contributed by atoms with E-state index in [4.69, 9.17) is 4.74 Å². The summed E-state index contributed by atoms with van der Waals surface area (Å²) in [5.41, 5.74) is 3.82. The Hall–Kier alpha value is -2.38. The molecule has 6 nitrogen and oxygen atoms in total. The van der Waals surface area contributed by atoms with Gasteiger partial charge in [-0.25, -0.2) is 8.42 Å². The van der Waals surface area contributed by atoms with Gasteiger partial charge in [0.1, 0.15) is 5.75 Å². The zero-order valence-corrected chi connectivity index (χ0v) is 17.1. The Bertz CT molecular complexity index is 939. The first-order chi connectivity index (χ1) is 13.4. The van der Waals surface area contributed by atoms with Gasteiger partial charge in [0.05, 0.1) is 12.9 Å². The standard InChI is InChI=1S/C21H26N2O4S/c1-16-4-6-17(7-5-16)21(24)22-11-3-13-28(25,26)23-12-10-18-14-20(27-2)9-8-19(18)15-23/h4-9,14H,3,10-13,15H2,1-2H3,(H,22,24). The number of fused-ring (bicyclic) bond motifs is 1. The molecule has 0 unspecified atom stereocenters. The summed E-state index contributed by atoms with van der Waals surface area (Å²) in [5, 5.41) is 2.79. The first kappa shape index (κ1) is 20.4. The number of aryl methyl sites for hydroxylation is 1. The highest BCUT2D eigenvalue weighted by atomic mass is 32.2. The van der Waals surface area contributed by atoms with Gasteiger partial charge in [0.15, 0.2) is 0 Å². The molecule has 0 aliphatic carbocycles. The van der Waals surface area contributed by atoms with E-state index in [0.29, 0.717) is 38.0 Å². The molecular weight excluding hydrogens is 376 g/mol. The van der Waals surface area contributed by atoms with Crippen LogP contribution < -0.4 is 10.1 Å². The molecule has 1 amide bonds. The van der Waals surface area contributed by atoms with Crippen molar-refractivity contribution in [1.29, 1.82) is 0 Å². The number of hydrogen-bond acceptors (Lipinski definition) is 4. The molecule has 0 atom stereocenters. The number of rotatable bonds is 7. The largest absolute Gasteiger partial charge is 0.497 e. The molecular formula is C21H26N2O4S. The second kappa shape index (κ2) is 8.75. The van der Waals surface area contributed by atoms with Crippen molar-refractivity contribution < 1.29 is 17.9 Å². The van der Waals surface area contributed by atoms with Crippen LogP contribution in [0.3, 0.4) is 0 Å². The first-order valence-corrected chi connectivity index (χ1v) is 11.0. The summed E-state index contributed by atoms with van der Waals surface area (Å²) in [6, 6.07) is 13.0. The van der Waals surface area contributed by atoms with Crippen LogP contribution in [0, 0.1) is 6.92 Å². The van der Waals surface area contributed by atoms with Crippen molar-refractivity contribution in [3.05, 3.63) is 64.7 Å². The number of amides is 1. The van der Waals surface area contributed by atoms with Crippen LogP contribution in [0.5, 0.6) is 5.75 Å². The number of benzene rings is 2. The monoisotopic (exact) mass is 402 g/mol. The van der Waals surface area contributed by atoms with Gasteiger partial charge in [0.2, 0.25) is 10.0 Å². The van der Waals surface area contributed by atoms with Gasteiger partial charge in [-0.2, -0.15) is 4.31 Å². The lowest BCUT2D eigenvalue weighted by molar-refractivity contribution is 0.0953. The normalized spacial score (nSPS) is 14.4. The number of hydrogen-bond donors (Lipinski definition) is 1. The fourth-order valence-electron chi connectivity index (χ4n) is 3.26.